The molecule has 1 aliphatic rings. The van der Waals surface area contributed by atoms with E-state index in [9.17, 15) is 13.6 Å². The number of carbonyl (C=O) groups excluding carboxylic acids is 1. The number of hydrogen-bond donors (Lipinski definition) is 1. The number of carbonyl (C=O) groups is 1. The van der Waals surface area contributed by atoms with Crippen molar-refractivity contribution in [2.24, 2.45) is 0 Å². The molecule has 0 unspecified atom stereocenters. The molecule has 4 aromatic carbocycles. The molecular weight excluding hydrogens is 564 g/mol. The van der Waals surface area contributed by atoms with Gasteiger partial charge in [0, 0.05) is 38.8 Å². The molecule has 1 aliphatic heterocycles. The summed E-state index contributed by atoms with van der Waals surface area (Å²) in [6.07, 6.45) is 10.1. The van der Waals surface area contributed by atoms with Crippen LogP contribution < -0.4 is 5.32 Å². The first-order valence-corrected chi connectivity index (χ1v) is 15.5. The lowest BCUT2D eigenvalue weighted by molar-refractivity contribution is -0.116. The minimum atomic E-state index is -0.270. The van der Waals surface area contributed by atoms with Crippen molar-refractivity contribution < 1.29 is 13.6 Å². The molecule has 45 heavy (non-hydrogen) atoms. The molecule has 4 nitrogen and oxygen atoms in total. The maximum Gasteiger partial charge on any atom is 0.243 e. The highest BCUT2D eigenvalue weighted by molar-refractivity contribution is 5.87. The number of benzene rings is 4. The average molecular weight is 604 g/mol. The fourth-order valence-electron chi connectivity index (χ4n) is 5.68. The van der Waals surface area contributed by atoms with Gasteiger partial charge in [0.2, 0.25) is 5.91 Å². The minimum absolute atomic E-state index is 0.0627. The van der Waals surface area contributed by atoms with Gasteiger partial charge in [0.25, 0.3) is 0 Å². The van der Waals surface area contributed by atoms with Gasteiger partial charge in [-0.3, -0.25) is 9.69 Å². The Bertz CT molecular complexity index is 1490. The van der Waals surface area contributed by atoms with Gasteiger partial charge in [-0.2, -0.15) is 0 Å². The van der Waals surface area contributed by atoms with Crippen LogP contribution in [0.5, 0.6) is 0 Å². The molecule has 1 fully saturated rings. The van der Waals surface area contributed by atoms with Crippen LogP contribution in [0, 0.1) is 11.6 Å². The summed E-state index contributed by atoms with van der Waals surface area (Å²) in [6, 6.07) is 33.6. The van der Waals surface area contributed by atoms with Gasteiger partial charge < -0.3 is 10.2 Å². The topological polar surface area (TPSA) is 35.6 Å². The molecule has 4 aromatic rings. The fraction of sp³-hybridized carbons (Fsp3) is 0.205. The van der Waals surface area contributed by atoms with Crippen LogP contribution in [0.4, 0.5) is 8.78 Å². The molecule has 1 saturated heterocycles. The predicted octanol–water partition coefficient (Wildman–Crippen LogP) is 7.42. The monoisotopic (exact) mass is 603 g/mol. The molecule has 1 N–H and O–H groups in total. The normalized spacial score (nSPS) is 14.3. The summed E-state index contributed by atoms with van der Waals surface area (Å²) in [5, 5.41) is 2.98. The molecule has 1 amide bonds. The summed E-state index contributed by atoms with van der Waals surface area (Å²) in [6.45, 7) is 4.95. The second kappa shape index (κ2) is 16.4. The van der Waals surface area contributed by atoms with Crippen LogP contribution in [0.25, 0.3) is 5.57 Å². The molecule has 0 atom stereocenters. The molecule has 1 heterocycles. The van der Waals surface area contributed by atoms with Gasteiger partial charge in [0.15, 0.2) is 0 Å². The van der Waals surface area contributed by atoms with E-state index in [1.54, 1.807) is 12.2 Å². The van der Waals surface area contributed by atoms with E-state index in [-0.39, 0.29) is 23.6 Å². The van der Waals surface area contributed by atoms with Gasteiger partial charge >= 0.3 is 0 Å². The first-order valence-electron chi connectivity index (χ1n) is 15.5. The Morgan fingerprint density at radius 2 is 1.22 bits per heavy atom. The Hall–Kier alpha value is -4.65. The number of amides is 1. The molecule has 0 spiro atoms. The molecule has 0 radical (unpaired) electrons. The van der Waals surface area contributed by atoms with E-state index in [4.69, 9.17) is 0 Å². The molecule has 0 aliphatic carbocycles. The molecule has 0 saturated carbocycles. The van der Waals surface area contributed by atoms with Crippen LogP contribution in [-0.2, 0) is 4.79 Å². The summed E-state index contributed by atoms with van der Waals surface area (Å²) < 4.78 is 27.2. The fourth-order valence-corrected chi connectivity index (χ4v) is 5.68. The first-order chi connectivity index (χ1) is 22.1. The number of halogens is 2. The second-order valence-corrected chi connectivity index (χ2v) is 11.1. The lowest BCUT2D eigenvalue weighted by Gasteiger charge is -2.39. The number of hydrogen-bond acceptors (Lipinski definition) is 3. The minimum Gasteiger partial charge on any atom is -0.353 e. The molecular formula is C39H39F2N3O. The number of nitrogens with zero attached hydrogens (tertiary/aromatic N) is 2. The highest BCUT2D eigenvalue weighted by atomic mass is 19.1. The number of rotatable bonds is 12. The third-order valence-electron chi connectivity index (χ3n) is 8.00. The summed E-state index contributed by atoms with van der Waals surface area (Å²) in [5.41, 5.74) is 5.37. The first kappa shape index (κ1) is 31.8. The van der Waals surface area contributed by atoms with Gasteiger partial charge in [-0.15, -0.1) is 0 Å². The quantitative estimate of drug-likeness (QED) is 0.104. The molecule has 6 heteroatoms. The van der Waals surface area contributed by atoms with E-state index in [0.29, 0.717) is 6.54 Å². The maximum absolute atomic E-state index is 13.6. The zero-order valence-corrected chi connectivity index (χ0v) is 25.4. The van der Waals surface area contributed by atoms with E-state index in [1.807, 2.05) is 72.8 Å². The molecule has 5 rings (SSSR count). The largest absolute Gasteiger partial charge is 0.353 e. The van der Waals surface area contributed by atoms with Gasteiger partial charge in [0.05, 0.1) is 6.04 Å². The third-order valence-corrected chi connectivity index (χ3v) is 8.00. The summed E-state index contributed by atoms with van der Waals surface area (Å²) in [7, 11) is 0. The Morgan fingerprint density at radius 1 is 0.689 bits per heavy atom. The average Bonchev–Trinajstić information content (AvgIpc) is 3.08. The predicted molar refractivity (Wildman–Crippen MR) is 179 cm³/mol. The van der Waals surface area contributed by atoms with Crippen molar-refractivity contribution in [2.75, 3.05) is 39.3 Å². The van der Waals surface area contributed by atoms with Crippen molar-refractivity contribution in [1.82, 2.24) is 15.1 Å². The Morgan fingerprint density at radius 3 is 1.76 bits per heavy atom. The van der Waals surface area contributed by atoms with Gasteiger partial charge in [-0.25, -0.2) is 8.78 Å². The Kier molecular flexibility index (Phi) is 11.6. The van der Waals surface area contributed by atoms with Crippen molar-refractivity contribution in [3.8, 4) is 0 Å². The van der Waals surface area contributed by atoms with E-state index in [2.05, 4.69) is 45.5 Å². The standard InChI is InChI=1S/C39H39F2N3O/c40-35-21-17-33(18-22-35)39(34-19-23-36(41)24-20-34)44-29-27-43(28-30-44)26-10-25-42-38(45)16-9-3-8-15-37(31-11-4-1-5-12-31)32-13-6-2-7-14-32/h1-9,11-24,39H,10,25-30H2,(H,42,45). The van der Waals surface area contributed by atoms with E-state index >= 15 is 0 Å². The molecule has 0 bridgehead atoms. The van der Waals surface area contributed by atoms with E-state index in [0.717, 1.165) is 67.0 Å². The highest BCUT2D eigenvalue weighted by Crippen LogP contribution is 2.30. The van der Waals surface area contributed by atoms with Crippen molar-refractivity contribution in [2.45, 2.75) is 12.5 Å². The van der Waals surface area contributed by atoms with Crippen LogP contribution in [0.3, 0.4) is 0 Å². The van der Waals surface area contributed by atoms with E-state index in [1.165, 1.54) is 24.3 Å². The zero-order valence-electron chi connectivity index (χ0n) is 25.4. The lowest BCUT2D eigenvalue weighted by atomic mass is 9.96. The molecule has 0 aromatic heterocycles. The maximum atomic E-state index is 13.6. The van der Waals surface area contributed by atoms with Crippen molar-refractivity contribution >= 4 is 11.5 Å². The van der Waals surface area contributed by atoms with Gasteiger partial charge in [-0.05, 0) is 65.1 Å². The van der Waals surface area contributed by atoms with Gasteiger partial charge in [-0.1, -0.05) is 109 Å². The Balaban J connectivity index is 1.06. The zero-order chi connectivity index (χ0) is 31.3. The van der Waals surface area contributed by atoms with Crippen LogP contribution in [0.2, 0.25) is 0 Å². The second-order valence-electron chi connectivity index (χ2n) is 11.1. The number of piperazine rings is 1. The van der Waals surface area contributed by atoms with Crippen LogP contribution in [0.1, 0.15) is 34.7 Å². The molecule has 230 valence electrons. The van der Waals surface area contributed by atoms with Crippen molar-refractivity contribution in [3.05, 3.63) is 173 Å². The van der Waals surface area contributed by atoms with Crippen molar-refractivity contribution in [3.63, 3.8) is 0 Å². The summed E-state index contributed by atoms with van der Waals surface area (Å²) >= 11 is 0. The smallest absolute Gasteiger partial charge is 0.243 e. The van der Waals surface area contributed by atoms with Crippen LogP contribution in [0.15, 0.2) is 140 Å². The third kappa shape index (κ3) is 9.42. The SMILES string of the molecule is O=C(C=CC=CC=C(c1ccccc1)c1ccccc1)NCCCN1CCN(C(c2ccc(F)cc2)c2ccc(F)cc2)CC1. The lowest BCUT2D eigenvalue weighted by Crippen LogP contribution is -2.48. The van der Waals surface area contributed by atoms with Crippen LogP contribution in [-0.4, -0.2) is 55.0 Å². The van der Waals surface area contributed by atoms with Crippen molar-refractivity contribution in [1.29, 1.82) is 0 Å². The summed E-state index contributed by atoms with van der Waals surface area (Å²) in [4.78, 5) is 17.1. The number of allylic oxidation sites excluding steroid dienone is 4. The Labute approximate surface area is 265 Å². The van der Waals surface area contributed by atoms with E-state index < -0.39 is 0 Å². The van der Waals surface area contributed by atoms with Gasteiger partial charge in [0.1, 0.15) is 11.6 Å². The highest BCUT2D eigenvalue weighted by Gasteiger charge is 2.26. The number of nitrogens with one attached hydrogen (secondary N) is 1. The van der Waals surface area contributed by atoms with Crippen LogP contribution >= 0.6 is 0 Å². The summed E-state index contributed by atoms with van der Waals surface area (Å²) in [5.74, 6) is -0.649.